The fraction of sp³-hybridized carbons (Fsp3) is 0.524. The van der Waals surface area contributed by atoms with Crippen molar-refractivity contribution in [3.8, 4) is 0 Å². The lowest BCUT2D eigenvalue weighted by molar-refractivity contribution is -0.202. The van der Waals surface area contributed by atoms with E-state index in [1.807, 2.05) is 6.07 Å². The standard InChI is InChI=1S/C21H26F3N3O5/c1-13(10-18(29)32-20(31)21(22,23)24)27-12-17(28)26(2)16-8-7-14(6-4-3-5-9-25)11-15(16)19(27)30/h7-8,11,13H,3-6,9-10,12,25H2,1-2H3. The fourth-order valence-corrected chi connectivity index (χ4v) is 3.38. The highest BCUT2D eigenvalue weighted by Gasteiger charge is 2.43. The van der Waals surface area contributed by atoms with Crippen molar-refractivity contribution in [2.75, 3.05) is 25.0 Å². The number of fused-ring (bicyclic) bond motifs is 1. The van der Waals surface area contributed by atoms with Crippen LogP contribution >= 0.6 is 0 Å². The van der Waals surface area contributed by atoms with Gasteiger partial charge in [-0.25, -0.2) is 4.79 Å². The lowest BCUT2D eigenvalue weighted by Gasteiger charge is -2.26. The van der Waals surface area contributed by atoms with Crippen LogP contribution in [0.5, 0.6) is 0 Å². The SMILES string of the molecule is CC(CC(=O)OC(=O)C(F)(F)F)N1CC(=O)N(C)c2ccc(CCCCCN)cc2C1=O. The highest BCUT2D eigenvalue weighted by Crippen LogP contribution is 2.28. The van der Waals surface area contributed by atoms with Gasteiger partial charge >= 0.3 is 18.1 Å². The molecule has 1 aliphatic rings. The number of carbonyl (C=O) groups is 4. The summed E-state index contributed by atoms with van der Waals surface area (Å²) in [7, 11) is 1.51. The lowest BCUT2D eigenvalue weighted by atomic mass is 10.0. The van der Waals surface area contributed by atoms with E-state index in [9.17, 15) is 32.3 Å². The molecule has 1 aromatic rings. The molecule has 1 aromatic carbocycles. The number of carbonyl (C=O) groups excluding carboxylic acids is 4. The minimum absolute atomic E-state index is 0.251. The Bertz CT molecular complexity index is 888. The Hall–Kier alpha value is -2.95. The van der Waals surface area contributed by atoms with Gasteiger partial charge in [0.1, 0.15) is 6.54 Å². The number of nitrogens with zero attached hydrogens (tertiary/aromatic N) is 2. The van der Waals surface area contributed by atoms with Crippen molar-refractivity contribution < 1.29 is 37.1 Å². The first-order chi connectivity index (χ1) is 15.0. The van der Waals surface area contributed by atoms with Crippen LogP contribution in [-0.4, -0.2) is 61.0 Å². The number of aryl methyl sites for hydroxylation is 1. The van der Waals surface area contributed by atoms with Crippen LogP contribution in [0.15, 0.2) is 18.2 Å². The van der Waals surface area contributed by atoms with Gasteiger partial charge in [-0.3, -0.25) is 14.4 Å². The Labute approximate surface area is 183 Å². The van der Waals surface area contributed by atoms with Crippen molar-refractivity contribution >= 4 is 29.4 Å². The molecule has 0 fully saturated rings. The maximum Gasteiger partial charge on any atom is 0.491 e. The number of hydrogen-bond acceptors (Lipinski definition) is 6. The molecular formula is C21H26F3N3O5. The van der Waals surface area contributed by atoms with Crippen LogP contribution in [-0.2, 0) is 25.5 Å². The molecule has 176 valence electrons. The Balaban J connectivity index is 2.20. The summed E-state index contributed by atoms with van der Waals surface area (Å²) in [6.07, 6.45) is -2.59. The van der Waals surface area contributed by atoms with E-state index in [-0.39, 0.29) is 12.1 Å². The molecule has 0 radical (unpaired) electrons. The number of nitrogens with two attached hydrogens (primary N) is 1. The molecule has 32 heavy (non-hydrogen) atoms. The van der Waals surface area contributed by atoms with Crippen LogP contribution in [0.3, 0.4) is 0 Å². The molecule has 0 spiro atoms. The molecule has 2 rings (SSSR count). The molecule has 0 aromatic heterocycles. The molecule has 8 nitrogen and oxygen atoms in total. The zero-order valence-electron chi connectivity index (χ0n) is 17.9. The number of unbranched alkanes of at least 4 members (excludes halogenated alkanes) is 2. The minimum Gasteiger partial charge on any atom is -0.386 e. The Morgan fingerprint density at radius 2 is 1.88 bits per heavy atom. The van der Waals surface area contributed by atoms with Gasteiger partial charge in [0.2, 0.25) is 5.91 Å². The van der Waals surface area contributed by atoms with Gasteiger partial charge in [0.05, 0.1) is 17.7 Å². The van der Waals surface area contributed by atoms with Gasteiger partial charge in [-0.05, 0) is 50.4 Å². The van der Waals surface area contributed by atoms with Gasteiger partial charge in [0.15, 0.2) is 0 Å². The summed E-state index contributed by atoms with van der Waals surface area (Å²) in [6, 6.07) is 4.21. The maximum atomic E-state index is 13.2. The number of hydrogen-bond donors (Lipinski definition) is 1. The van der Waals surface area contributed by atoms with Crippen molar-refractivity contribution in [2.45, 2.75) is 51.2 Å². The predicted octanol–water partition coefficient (Wildman–Crippen LogP) is 2.19. The summed E-state index contributed by atoms with van der Waals surface area (Å²) in [5, 5.41) is 0. The summed E-state index contributed by atoms with van der Waals surface area (Å²) < 4.78 is 40.7. The Kier molecular flexibility index (Phi) is 8.37. The number of benzene rings is 1. The monoisotopic (exact) mass is 457 g/mol. The molecule has 1 atom stereocenters. The quantitative estimate of drug-likeness (QED) is 0.364. The van der Waals surface area contributed by atoms with E-state index in [1.54, 1.807) is 12.1 Å². The fourth-order valence-electron chi connectivity index (χ4n) is 3.38. The zero-order chi connectivity index (χ0) is 24.1. The van der Waals surface area contributed by atoms with Gasteiger partial charge in [-0.15, -0.1) is 0 Å². The number of anilines is 1. The van der Waals surface area contributed by atoms with Crippen molar-refractivity contribution in [2.24, 2.45) is 5.73 Å². The third-order valence-electron chi connectivity index (χ3n) is 5.19. The van der Waals surface area contributed by atoms with Crippen LogP contribution < -0.4 is 10.6 Å². The molecule has 1 aliphatic heterocycles. The highest BCUT2D eigenvalue weighted by molar-refractivity contribution is 6.09. The number of likely N-dealkylation sites (N-methyl/N-ethyl adjacent to an activating group) is 1. The van der Waals surface area contributed by atoms with E-state index in [4.69, 9.17) is 5.73 Å². The van der Waals surface area contributed by atoms with Crippen LogP contribution in [0.25, 0.3) is 0 Å². The molecular weight excluding hydrogens is 431 g/mol. The molecule has 2 N–H and O–H groups in total. The molecule has 0 saturated heterocycles. The van der Waals surface area contributed by atoms with Crippen LogP contribution in [0.1, 0.15) is 48.5 Å². The second-order valence-electron chi connectivity index (χ2n) is 7.65. The number of rotatable bonds is 8. The summed E-state index contributed by atoms with van der Waals surface area (Å²) in [4.78, 5) is 50.8. The van der Waals surface area contributed by atoms with Crippen molar-refractivity contribution in [3.63, 3.8) is 0 Å². The topological polar surface area (TPSA) is 110 Å². The average Bonchev–Trinajstić information content (AvgIpc) is 2.81. The lowest BCUT2D eigenvalue weighted by Crippen LogP contribution is -2.44. The van der Waals surface area contributed by atoms with Crippen LogP contribution in [0.2, 0.25) is 0 Å². The van der Waals surface area contributed by atoms with E-state index in [2.05, 4.69) is 4.74 Å². The molecule has 0 bridgehead atoms. The van der Waals surface area contributed by atoms with Crippen molar-refractivity contribution in [3.05, 3.63) is 29.3 Å². The third-order valence-corrected chi connectivity index (χ3v) is 5.19. The number of halogens is 3. The van der Waals surface area contributed by atoms with Gasteiger partial charge < -0.3 is 20.3 Å². The summed E-state index contributed by atoms with van der Waals surface area (Å²) in [6.45, 7) is 1.61. The third kappa shape index (κ3) is 6.28. The van der Waals surface area contributed by atoms with Gasteiger partial charge in [-0.1, -0.05) is 12.5 Å². The first-order valence-electron chi connectivity index (χ1n) is 10.2. The first-order valence-corrected chi connectivity index (χ1v) is 10.2. The summed E-state index contributed by atoms with van der Waals surface area (Å²) in [5.41, 5.74) is 7.03. The minimum atomic E-state index is -5.31. The second-order valence-corrected chi connectivity index (χ2v) is 7.65. The largest absolute Gasteiger partial charge is 0.491 e. The normalized spacial score (nSPS) is 15.3. The molecule has 0 saturated carbocycles. The summed E-state index contributed by atoms with van der Waals surface area (Å²) in [5.74, 6) is -5.03. The number of esters is 2. The number of ether oxygens (including phenoxy) is 1. The van der Waals surface area contributed by atoms with E-state index in [0.29, 0.717) is 18.7 Å². The second kappa shape index (κ2) is 10.6. The zero-order valence-corrected chi connectivity index (χ0v) is 17.9. The Morgan fingerprint density at radius 3 is 2.50 bits per heavy atom. The number of alkyl halides is 3. The van der Waals surface area contributed by atoms with E-state index in [0.717, 1.165) is 29.7 Å². The molecule has 2 amide bonds. The molecule has 1 unspecified atom stereocenters. The Morgan fingerprint density at radius 1 is 1.19 bits per heavy atom. The smallest absolute Gasteiger partial charge is 0.386 e. The molecule has 1 heterocycles. The summed E-state index contributed by atoms with van der Waals surface area (Å²) >= 11 is 0. The predicted molar refractivity (Wildman–Crippen MR) is 109 cm³/mol. The van der Waals surface area contributed by atoms with Gasteiger partial charge in [0.25, 0.3) is 5.91 Å². The van der Waals surface area contributed by atoms with E-state index >= 15 is 0 Å². The van der Waals surface area contributed by atoms with Crippen LogP contribution in [0, 0.1) is 0 Å². The average molecular weight is 457 g/mol. The highest BCUT2D eigenvalue weighted by atomic mass is 19.4. The van der Waals surface area contributed by atoms with E-state index in [1.165, 1.54) is 18.9 Å². The number of amides is 2. The molecule has 0 aliphatic carbocycles. The van der Waals surface area contributed by atoms with Gasteiger partial charge in [-0.2, -0.15) is 13.2 Å². The van der Waals surface area contributed by atoms with Crippen molar-refractivity contribution in [1.82, 2.24) is 4.90 Å². The first kappa shape index (κ1) is 25.3. The van der Waals surface area contributed by atoms with Crippen LogP contribution in [0.4, 0.5) is 18.9 Å². The van der Waals surface area contributed by atoms with Gasteiger partial charge in [0, 0.05) is 13.1 Å². The molecule has 11 heteroatoms. The van der Waals surface area contributed by atoms with E-state index < -0.39 is 42.4 Å². The maximum absolute atomic E-state index is 13.2. The van der Waals surface area contributed by atoms with Crippen molar-refractivity contribution in [1.29, 1.82) is 0 Å².